The van der Waals surface area contributed by atoms with Crippen LogP contribution < -0.4 is 5.32 Å². The van der Waals surface area contributed by atoms with Gasteiger partial charge < -0.3 is 10.1 Å². The SMILES string of the molecule is CC(NCCOCc1ccccc1Br)C1CC1. The topological polar surface area (TPSA) is 21.3 Å². The van der Waals surface area contributed by atoms with E-state index in [1.165, 1.54) is 18.4 Å². The fraction of sp³-hybridized carbons (Fsp3) is 0.571. The molecule has 1 atom stereocenters. The Morgan fingerprint density at radius 1 is 1.41 bits per heavy atom. The van der Waals surface area contributed by atoms with Crippen LogP contribution in [0.3, 0.4) is 0 Å². The smallest absolute Gasteiger partial charge is 0.0728 e. The van der Waals surface area contributed by atoms with Gasteiger partial charge in [0.15, 0.2) is 0 Å². The third-order valence-corrected chi connectivity index (χ3v) is 4.03. The molecule has 2 rings (SSSR count). The van der Waals surface area contributed by atoms with Crippen molar-refractivity contribution in [2.45, 2.75) is 32.4 Å². The number of benzene rings is 1. The van der Waals surface area contributed by atoms with Gasteiger partial charge in [-0.25, -0.2) is 0 Å². The van der Waals surface area contributed by atoms with Crippen LogP contribution >= 0.6 is 15.9 Å². The Hall–Kier alpha value is -0.380. The van der Waals surface area contributed by atoms with Gasteiger partial charge in [0.2, 0.25) is 0 Å². The maximum atomic E-state index is 5.66. The van der Waals surface area contributed by atoms with E-state index in [9.17, 15) is 0 Å². The molecule has 1 aromatic rings. The molecule has 2 nitrogen and oxygen atoms in total. The van der Waals surface area contributed by atoms with Crippen LogP contribution in [0.2, 0.25) is 0 Å². The van der Waals surface area contributed by atoms with Crippen molar-refractivity contribution in [2.24, 2.45) is 5.92 Å². The summed E-state index contributed by atoms with van der Waals surface area (Å²) >= 11 is 3.52. The van der Waals surface area contributed by atoms with Gasteiger partial charge in [-0.15, -0.1) is 0 Å². The molecule has 0 spiro atoms. The molecule has 17 heavy (non-hydrogen) atoms. The third kappa shape index (κ3) is 4.41. The van der Waals surface area contributed by atoms with Crippen LogP contribution in [0.5, 0.6) is 0 Å². The minimum atomic E-state index is 0.655. The number of halogens is 1. The minimum Gasteiger partial charge on any atom is -0.375 e. The molecular formula is C14H20BrNO. The molecule has 0 bridgehead atoms. The van der Waals surface area contributed by atoms with Crippen LogP contribution in [-0.4, -0.2) is 19.2 Å². The second-order valence-corrected chi connectivity index (χ2v) is 5.58. The molecule has 1 unspecified atom stereocenters. The summed E-state index contributed by atoms with van der Waals surface area (Å²) in [6, 6.07) is 8.85. The van der Waals surface area contributed by atoms with Crippen LogP contribution in [0.1, 0.15) is 25.3 Å². The van der Waals surface area contributed by atoms with E-state index in [0.29, 0.717) is 12.6 Å². The first-order valence-electron chi connectivity index (χ1n) is 6.32. The molecule has 94 valence electrons. The highest BCUT2D eigenvalue weighted by Gasteiger charge is 2.27. The number of hydrogen-bond acceptors (Lipinski definition) is 2. The zero-order chi connectivity index (χ0) is 12.1. The number of hydrogen-bond donors (Lipinski definition) is 1. The number of rotatable bonds is 7. The van der Waals surface area contributed by atoms with Gasteiger partial charge in [-0.1, -0.05) is 34.1 Å². The molecule has 1 saturated carbocycles. The van der Waals surface area contributed by atoms with Crippen LogP contribution in [0.4, 0.5) is 0 Å². The van der Waals surface area contributed by atoms with E-state index in [2.05, 4.69) is 34.2 Å². The molecule has 0 radical (unpaired) electrons. The van der Waals surface area contributed by atoms with Crippen molar-refractivity contribution in [3.63, 3.8) is 0 Å². The minimum absolute atomic E-state index is 0.655. The highest BCUT2D eigenvalue weighted by molar-refractivity contribution is 9.10. The monoisotopic (exact) mass is 297 g/mol. The quantitative estimate of drug-likeness (QED) is 0.779. The molecule has 1 aromatic carbocycles. The average molecular weight is 298 g/mol. The fourth-order valence-corrected chi connectivity index (χ4v) is 2.32. The molecule has 0 saturated heterocycles. The van der Waals surface area contributed by atoms with E-state index in [-0.39, 0.29) is 0 Å². The molecule has 0 amide bonds. The van der Waals surface area contributed by atoms with Gasteiger partial charge >= 0.3 is 0 Å². The Morgan fingerprint density at radius 2 is 2.18 bits per heavy atom. The predicted molar refractivity (Wildman–Crippen MR) is 74.0 cm³/mol. The Labute approximate surface area is 112 Å². The van der Waals surface area contributed by atoms with E-state index in [1.54, 1.807) is 0 Å². The Bertz CT molecular complexity index is 352. The summed E-state index contributed by atoms with van der Waals surface area (Å²) in [5.74, 6) is 0.915. The van der Waals surface area contributed by atoms with Crippen LogP contribution in [0.15, 0.2) is 28.7 Å². The van der Waals surface area contributed by atoms with Gasteiger partial charge in [0.1, 0.15) is 0 Å². The second-order valence-electron chi connectivity index (χ2n) is 4.72. The summed E-state index contributed by atoms with van der Waals surface area (Å²) in [6.07, 6.45) is 2.79. The molecule has 1 aliphatic carbocycles. The lowest BCUT2D eigenvalue weighted by Gasteiger charge is -2.12. The summed E-state index contributed by atoms with van der Waals surface area (Å²) in [5.41, 5.74) is 1.21. The molecule has 0 heterocycles. The highest BCUT2D eigenvalue weighted by Crippen LogP contribution is 2.32. The Balaban J connectivity index is 1.58. The molecule has 1 aliphatic rings. The summed E-state index contributed by atoms with van der Waals surface area (Å²) in [7, 11) is 0. The van der Waals surface area contributed by atoms with E-state index in [0.717, 1.165) is 23.5 Å². The van der Waals surface area contributed by atoms with Crippen molar-refractivity contribution in [1.29, 1.82) is 0 Å². The van der Waals surface area contributed by atoms with Crippen LogP contribution in [0.25, 0.3) is 0 Å². The lowest BCUT2D eigenvalue weighted by molar-refractivity contribution is 0.120. The first-order valence-corrected chi connectivity index (χ1v) is 7.11. The van der Waals surface area contributed by atoms with Gasteiger partial charge in [-0.2, -0.15) is 0 Å². The van der Waals surface area contributed by atoms with Gasteiger partial charge in [0, 0.05) is 17.1 Å². The Kier molecular flexibility index (Phi) is 5.01. The largest absolute Gasteiger partial charge is 0.375 e. The molecule has 1 N–H and O–H groups in total. The summed E-state index contributed by atoms with van der Waals surface area (Å²) in [6.45, 7) is 4.67. The molecule has 0 aliphatic heterocycles. The van der Waals surface area contributed by atoms with Crippen molar-refractivity contribution < 1.29 is 4.74 Å². The second kappa shape index (κ2) is 6.53. The molecule has 0 aromatic heterocycles. The van der Waals surface area contributed by atoms with Crippen molar-refractivity contribution in [1.82, 2.24) is 5.32 Å². The van der Waals surface area contributed by atoms with Gasteiger partial charge in [0.25, 0.3) is 0 Å². The van der Waals surface area contributed by atoms with Crippen molar-refractivity contribution in [3.05, 3.63) is 34.3 Å². The first kappa shape index (κ1) is 13.1. The summed E-state index contributed by atoms with van der Waals surface area (Å²) < 4.78 is 6.78. The number of ether oxygens (including phenoxy) is 1. The lowest BCUT2D eigenvalue weighted by Crippen LogP contribution is -2.30. The van der Waals surface area contributed by atoms with Gasteiger partial charge in [-0.05, 0) is 37.3 Å². The zero-order valence-corrected chi connectivity index (χ0v) is 11.9. The standard InChI is InChI=1S/C14H20BrNO/c1-11(12-6-7-12)16-8-9-17-10-13-4-2-3-5-14(13)15/h2-5,11-12,16H,6-10H2,1H3. The van der Waals surface area contributed by atoms with Gasteiger partial charge in [-0.3, -0.25) is 0 Å². The maximum absolute atomic E-state index is 5.66. The first-order chi connectivity index (χ1) is 8.27. The normalized spacial score (nSPS) is 17.1. The summed E-state index contributed by atoms with van der Waals surface area (Å²) in [5, 5.41) is 3.51. The van der Waals surface area contributed by atoms with Crippen molar-refractivity contribution in [2.75, 3.05) is 13.2 Å². The van der Waals surface area contributed by atoms with Crippen LogP contribution in [0, 0.1) is 5.92 Å². The zero-order valence-electron chi connectivity index (χ0n) is 10.3. The van der Waals surface area contributed by atoms with E-state index in [4.69, 9.17) is 4.74 Å². The Morgan fingerprint density at radius 3 is 2.88 bits per heavy atom. The van der Waals surface area contributed by atoms with Crippen molar-refractivity contribution >= 4 is 15.9 Å². The number of nitrogens with one attached hydrogen (secondary N) is 1. The molecule has 3 heteroatoms. The highest BCUT2D eigenvalue weighted by atomic mass is 79.9. The molecule has 1 fully saturated rings. The van der Waals surface area contributed by atoms with Crippen molar-refractivity contribution in [3.8, 4) is 0 Å². The van der Waals surface area contributed by atoms with Crippen LogP contribution in [-0.2, 0) is 11.3 Å². The summed E-state index contributed by atoms with van der Waals surface area (Å²) in [4.78, 5) is 0. The van der Waals surface area contributed by atoms with Gasteiger partial charge in [0.05, 0.1) is 13.2 Å². The average Bonchev–Trinajstić information content (AvgIpc) is 3.14. The maximum Gasteiger partial charge on any atom is 0.0728 e. The predicted octanol–water partition coefficient (Wildman–Crippen LogP) is 3.35. The molecular weight excluding hydrogens is 278 g/mol. The third-order valence-electron chi connectivity index (χ3n) is 3.26. The van der Waals surface area contributed by atoms with E-state index < -0.39 is 0 Å². The van der Waals surface area contributed by atoms with E-state index in [1.807, 2.05) is 18.2 Å². The fourth-order valence-electron chi connectivity index (χ4n) is 1.92. The van der Waals surface area contributed by atoms with E-state index >= 15 is 0 Å². The lowest BCUT2D eigenvalue weighted by atomic mass is 10.2.